The molecule has 1 aromatic heterocycles. The second-order valence-corrected chi connectivity index (χ2v) is 8.50. The van der Waals surface area contributed by atoms with Crippen LogP contribution in [0.3, 0.4) is 0 Å². The number of amides is 2. The summed E-state index contributed by atoms with van der Waals surface area (Å²) in [6.07, 6.45) is 4.19. The lowest BCUT2D eigenvalue weighted by molar-refractivity contribution is -0.132. The van der Waals surface area contributed by atoms with Crippen LogP contribution in [0.5, 0.6) is 0 Å². The fourth-order valence-electron chi connectivity index (χ4n) is 4.23. The first-order valence-electron chi connectivity index (χ1n) is 11.6. The minimum atomic E-state index is -0.622. The van der Waals surface area contributed by atoms with Gasteiger partial charge in [-0.05, 0) is 68.1 Å². The lowest BCUT2D eigenvalue weighted by Gasteiger charge is -2.23. The van der Waals surface area contributed by atoms with Crippen LogP contribution >= 0.6 is 0 Å². The minimum absolute atomic E-state index is 0.104. The number of nitrogens with one attached hydrogen (secondary N) is 3. The molecule has 0 aliphatic carbocycles. The minimum Gasteiger partial charge on any atom is -0.461 e. The molecule has 2 amide bonds. The van der Waals surface area contributed by atoms with E-state index in [4.69, 9.17) is 4.42 Å². The Morgan fingerprint density at radius 3 is 2.89 bits per heavy atom. The molecule has 35 heavy (non-hydrogen) atoms. The van der Waals surface area contributed by atoms with E-state index in [0.29, 0.717) is 25.1 Å². The fourth-order valence-corrected chi connectivity index (χ4v) is 4.23. The molecule has 0 radical (unpaired) electrons. The first kappa shape index (κ1) is 23.8. The summed E-state index contributed by atoms with van der Waals surface area (Å²) in [6.45, 7) is 2.89. The van der Waals surface area contributed by atoms with E-state index in [2.05, 4.69) is 20.9 Å². The molecular formula is C26H28N6O3. The van der Waals surface area contributed by atoms with E-state index in [1.54, 1.807) is 24.1 Å². The van der Waals surface area contributed by atoms with E-state index < -0.39 is 6.04 Å². The number of carbonyl (C=O) groups excluding carboxylic acids is 2. The first-order valence-corrected chi connectivity index (χ1v) is 11.6. The van der Waals surface area contributed by atoms with E-state index in [1.165, 1.54) is 0 Å². The Kier molecular flexibility index (Phi) is 7.31. The normalized spacial score (nSPS) is 16.5. The number of aryl methyl sites for hydroxylation is 1. The number of benzene rings is 2. The summed E-state index contributed by atoms with van der Waals surface area (Å²) in [6, 6.07) is 14.2. The smallest absolute Gasteiger partial charge is 0.251 e. The molecule has 9 heteroatoms. The second-order valence-electron chi connectivity index (χ2n) is 8.50. The SMILES string of the molecule is CNC(=O)c1cccc(CN2CCCCC(N=C(NC#N)Nc3ccc4oc(C)cc4c3)C2=O)c1. The first-order chi connectivity index (χ1) is 17.0. The molecule has 1 aliphatic heterocycles. The molecule has 1 atom stereocenters. The number of likely N-dealkylation sites (tertiary alicyclic amines) is 1. The summed E-state index contributed by atoms with van der Waals surface area (Å²) in [5.41, 5.74) is 2.93. The lowest BCUT2D eigenvalue weighted by atomic mass is 10.1. The second kappa shape index (κ2) is 10.7. The van der Waals surface area contributed by atoms with Gasteiger partial charge in [-0.3, -0.25) is 14.9 Å². The van der Waals surface area contributed by atoms with Gasteiger partial charge < -0.3 is 20.0 Å². The van der Waals surface area contributed by atoms with Gasteiger partial charge in [0, 0.05) is 36.8 Å². The van der Waals surface area contributed by atoms with Crippen molar-refractivity contribution in [2.75, 3.05) is 18.9 Å². The van der Waals surface area contributed by atoms with Crippen LogP contribution in [-0.2, 0) is 11.3 Å². The van der Waals surface area contributed by atoms with Crippen LogP contribution in [0.25, 0.3) is 11.0 Å². The number of hydrogen-bond donors (Lipinski definition) is 3. The molecule has 1 unspecified atom stereocenters. The summed E-state index contributed by atoms with van der Waals surface area (Å²) >= 11 is 0. The van der Waals surface area contributed by atoms with Gasteiger partial charge >= 0.3 is 0 Å². The van der Waals surface area contributed by atoms with E-state index in [0.717, 1.165) is 40.8 Å². The topological polar surface area (TPSA) is 123 Å². The zero-order chi connectivity index (χ0) is 24.8. The molecule has 9 nitrogen and oxygen atoms in total. The third-order valence-electron chi connectivity index (χ3n) is 5.90. The monoisotopic (exact) mass is 472 g/mol. The molecule has 0 spiro atoms. The molecule has 3 aromatic rings. The van der Waals surface area contributed by atoms with Crippen molar-refractivity contribution in [2.45, 2.75) is 38.8 Å². The van der Waals surface area contributed by atoms with Crippen LogP contribution in [0.1, 0.15) is 40.9 Å². The molecule has 180 valence electrons. The number of fused-ring (bicyclic) bond motifs is 1. The molecule has 4 rings (SSSR count). The maximum Gasteiger partial charge on any atom is 0.251 e. The van der Waals surface area contributed by atoms with E-state index in [-0.39, 0.29) is 17.8 Å². The van der Waals surface area contributed by atoms with Gasteiger partial charge in [0.2, 0.25) is 11.9 Å². The Morgan fingerprint density at radius 2 is 2.09 bits per heavy atom. The van der Waals surface area contributed by atoms with Crippen LogP contribution in [0.4, 0.5) is 5.69 Å². The number of furan rings is 1. The van der Waals surface area contributed by atoms with Crippen molar-refractivity contribution >= 4 is 34.4 Å². The highest BCUT2D eigenvalue weighted by atomic mass is 16.3. The molecule has 1 aliphatic rings. The number of nitrogens with zero attached hydrogens (tertiary/aromatic N) is 3. The largest absolute Gasteiger partial charge is 0.461 e. The molecule has 1 fully saturated rings. The van der Waals surface area contributed by atoms with E-state index in [1.807, 2.05) is 49.5 Å². The highest BCUT2D eigenvalue weighted by Gasteiger charge is 2.27. The highest BCUT2D eigenvalue weighted by molar-refractivity contribution is 5.98. The highest BCUT2D eigenvalue weighted by Crippen LogP contribution is 2.23. The van der Waals surface area contributed by atoms with Gasteiger partial charge in [-0.1, -0.05) is 12.1 Å². The van der Waals surface area contributed by atoms with Crippen molar-refractivity contribution in [1.82, 2.24) is 15.5 Å². The van der Waals surface area contributed by atoms with Crippen molar-refractivity contribution in [3.8, 4) is 6.19 Å². The maximum atomic E-state index is 13.4. The number of carbonyl (C=O) groups is 2. The van der Waals surface area contributed by atoms with Crippen LogP contribution in [0, 0.1) is 18.4 Å². The summed E-state index contributed by atoms with van der Waals surface area (Å²) in [4.78, 5) is 31.7. The number of anilines is 1. The van der Waals surface area contributed by atoms with Gasteiger partial charge in [0.05, 0.1) is 0 Å². The van der Waals surface area contributed by atoms with Gasteiger partial charge in [-0.15, -0.1) is 0 Å². The third-order valence-corrected chi connectivity index (χ3v) is 5.90. The molecule has 0 bridgehead atoms. The number of nitriles is 1. The molecule has 2 aromatic carbocycles. The summed E-state index contributed by atoms with van der Waals surface area (Å²) in [5, 5.41) is 18.5. The summed E-state index contributed by atoms with van der Waals surface area (Å²) < 4.78 is 5.61. The molecular weight excluding hydrogens is 444 g/mol. The van der Waals surface area contributed by atoms with Crippen LogP contribution < -0.4 is 16.0 Å². The van der Waals surface area contributed by atoms with Crippen molar-refractivity contribution in [3.63, 3.8) is 0 Å². The van der Waals surface area contributed by atoms with Gasteiger partial charge in [0.25, 0.3) is 5.91 Å². The van der Waals surface area contributed by atoms with Crippen LogP contribution in [-0.4, -0.2) is 42.3 Å². The average Bonchev–Trinajstić information content (AvgIpc) is 3.15. The number of guanidine groups is 1. The Labute approximate surface area is 203 Å². The standard InChI is InChI=1S/C26H28N6O3/c1-17-12-20-14-21(9-10-23(20)35-17)30-26(29-16-27)31-22-8-3-4-11-32(25(22)34)15-18-6-5-7-19(13-18)24(33)28-2/h5-7,9-10,12-14,22H,3-4,8,11,15H2,1-2H3,(H,28,33)(H2,29,30,31). The third kappa shape index (κ3) is 5.79. The fraction of sp³-hybridized carbons (Fsp3) is 0.308. The summed E-state index contributed by atoms with van der Waals surface area (Å²) in [5.74, 6) is 0.756. The van der Waals surface area contributed by atoms with Crippen molar-refractivity contribution < 1.29 is 14.0 Å². The van der Waals surface area contributed by atoms with Gasteiger partial charge in [0.15, 0.2) is 6.19 Å². The average molecular weight is 473 g/mol. The molecule has 2 heterocycles. The summed E-state index contributed by atoms with van der Waals surface area (Å²) in [7, 11) is 1.59. The van der Waals surface area contributed by atoms with Gasteiger partial charge in [-0.2, -0.15) is 5.26 Å². The Balaban J connectivity index is 1.53. The van der Waals surface area contributed by atoms with Crippen molar-refractivity contribution in [3.05, 3.63) is 65.4 Å². The van der Waals surface area contributed by atoms with Gasteiger partial charge in [-0.25, -0.2) is 4.99 Å². The van der Waals surface area contributed by atoms with E-state index in [9.17, 15) is 14.9 Å². The zero-order valence-corrected chi connectivity index (χ0v) is 19.8. The van der Waals surface area contributed by atoms with Crippen LogP contribution in [0.2, 0.25) is 0 Å². The number of hydrogen-bond acceptors (Lipinski definition) is 5. The van der Waals surface area contributed by atoms with Crippen molar-refractivity contribution in [1.29, 1.82) is 5.26 Å². The Bertz CT molecular complexity index is 1310. The van der Waals surface area contributed by atoms with Crippen LogP contribution in [0.15, 0.2) is 57.9 Å². The molecule has 3 N–H and O–H groups in total. The number of aliphatic imine (C=N–C) groups is 1. The quantitative estimate of drug-likeness (QED) is 0.226. The lowest BCUT2D eigenvalue weighted by Crippen LogP contribution is -2.38. The molecule has 1 saturated heterocycles. The zero-order valence-electron chi connectivity index (χ0n) is 19.8. The van der Waals surface area contributed by atoms with E-state index >= 15 is 0 Å². The van der Waals surface area contributed by atoms with Gasteiger partial charge in [0.1, 0.15) is 17.4 Å². The Hall–Kier alpha value is -4.32. The predicted molar refractivity (Wildman–Crippen MR) is 134 cm³/mol. The number of rotatable bonds is 5. The predicted octanol–water partition coefficient (Wildman–Crippen LogP) is 3.52. The molecule has 0 saturated carbocycles. The maximum absolute atomic E-state index is 13.4. The Morgan fingerprint density at radius 1 is 1.23 bits per heavy atom. The van der Waals surface area contributed by atoms with Crippen molar-refractivity contribution in [2.24, 2.45) is 4.99 Å².